The number of anilines is 1. The number of halogens is 1. The van der Waals surface area contributed by atoms with Crippen LogP contribution in [0.2, 0.25) is 0 Å². The summed E-state index contributed by atoms with van der Waals surface area (Å²) in [5, 5.41) is 10.2. The maximum atomic E-state index is 11.9. The Hall–Kier alpha value is -1.08. The fourth-order valence-corrected chi connectivity index (χ4v) is 3.51. The van der Waals surface area contributed by atoms with Crippen molar-refractivity contribution in [1.82, 2.24) is 0 Å². The molecule has 1 aliphatic heterocycles. The van der Waals surface area contributed by atoms with E-state index in [0.717, 1.165) is 4.47 Å². The van der Waals surface area contributed by atoms with E-state index in [2.05, 4.69) is 21.2 Å². The van der Waals surface area contributed by atoms with Crippen molar-refractivity contribution in [1.29, 1.82) is 0 Å². The molecule has 1 aromatic rings. The molecule has 1 heterocycles. The quantitative estimate of drug-likeness (QED) is 0.812. The Morgan fingerprint density at radius 3 is 2.81 bits per heavy atom. The minimum absolute atomic E-state index is 0.0364. The van der Waals surface area contributed by atoms with Crippen LogP contribution in [-0.4, -0.2) is 31.3 Å². The van der Waals surface area contributed by atoms with Crippen LogP contribution in [0.25, 0.3) is 0 Å². The second-order valence-corrected chi connectivity index (χ2v) is 6.41. The maximum absolute atomic E-state index is 11.9. The molecule has 2 rings (SSSR count). The first kappa shape index (κ1) is 11.4. The summed E-state index contributed by atoms with van der Waals surface area (Å²) < 4.78 is 24.6. The molecule has 0 bridgehead atoms. The Balaban J connectivity index is 2.60. The number of sulfone groups is 1. The van der Waals surface area contributed by atoms with E-state index < -0.39 is 21.1 Å². The predicted molar refractivity (Wildman–Crippen MR) is 61.2 cm³/mol. The number of fused-ring (bicyclic) bond motifs is 1. The topological polar surface area (TPSA) is 83.5 Å². The third-order valence-electron chi connectivity index (χ3n) is 2.38. The van der Waals surface area contributed by atoms with Gasteiger partial charge >= 0.3 is 5.97 Å². The summed E-state index contributed by atoms with van der Waals surface area (Å²) in [5.74, 6) is -1.33. The van der Waals surface area contributed by atoms with Crippen molar-refractivity contribution in [2.45, 2.75) is 10.1 Å². The van der Waals surface area contributed by atoms with Gasteiger partial charge in [-0.1, -0.05) is 15.9 Å². The van der Waals surface area contributed by atoms with Crippen LogP contribution in [0.15, 0.2) is 27.6 Å². The Morgan fingerprint density at radius 1 is 1.50 bits per heavy atom. The Kier molecular flexibility index (Phi) is 2.67. The van der Waals surface area contributed by atoms with Crippen LogP contribution in [0, 0.1) is 0 Å². The molecule has 5 nitrogen and oxygen atoms in total. The molecule has 0 saturated carbocycles. The number of rotatable bonds is 1. The van der Waals surface area contributed by atoms with E-state index in [9.17, 15) is 13.2 Å². The lowest BCUT2D eigenvalue weighted by molar-refractivity contribution is -0.136. The fourth-order valence-electron chi connectivity index (χ4n) is 1.57. The lowest BCUT2D eigenvalue weighted by atomic mass is 10.3. The smallest absolute Gasteiger partial charge is 0.324 e. The lowest BCUT2D eigenvalue weighted by Gasteiger charge is -2.23. The number of carboxylic acid groups (broad SMARTS) is 1. The monoisotopic (exact) mass is 305 g/mol. The zero-order chi connectivity index (χ0) is 11.9. The first-order valence-electron chi connectivity index (χ1n) is 4.43. The van der Waals surface area contributed by atoms with Gasteiger partial charge in [0, 0.05) is 11.0 Å². The van der Waals surface area contributed by atoms with Crippen molar-refractivity contribution >= 4 is 37.4 Å². The van der Waals surface area contributed by atoms with E-state index in [1.54, 1.807) is 12.1 Å². The highest BCUT2D eigenvalue weighted by Gasteiger charge is 2.38. The molecule has 0 saturated heterocycles. The van der Waals surface area contributed by atoms with Gasteiger partial charge in [0.25, 0.3) is 0 Å². The number of aliphatic carboxylic acids is 1. The molecule has 1 atom stereocenters. The van der Waals surface area contributed by atoms with Crippen LogP contribution in [0.5, 0.6) is 0 Å². The van der Waals surface area contributed by atoms with Crippen molar-refractivity contribution in [2.24, 2.45) is 0 Å². The molecule has 0 radical (unpaired) electrons. The van der Waals surface area contributed by atoms with E-state index >= 15 is 0 Å². The number of hydrogen-bond acceptors (Lipinski definition) is 4. The molecular weight excluding hydrogens is 298 g/mol. The molecule has 0 spiro atoms. The average Bonchev–Trinajstić information content (AvgIpc) is 2.15. The lowest BCUT2D eigenvalue weighted by Crippen LogP contribution is -2.40. The highest BCUT2D eigenvalue weighted by atomic mass is 79.9. The van der Waals surface area contributed by atoms with Crippen LogP contribution in [0.1, 0.15) is 0 Å². The molecule has 0 amide bonds. The second-order valence-electron chi connectivity index (χ2n) is 3.39. The van der Waals surface area contributed by atoms with Crippen molar-refractivity contribution in [3.05, 3.63) is 22.7 Å². The molecule has 7 heteroatoms. The summed E-state index contributed by atoms with van der Waals surface area (Å²) in [6, 6.07) is 4.59. The first-order chi connectivity index (χ1) is 7.43. The van der Waals surface area contributed by atoms with Crippen molar-refractivity contribution in [2.75, 3.05) is 11.9 Å². The van der Waals surface area contributed by atoms with Crippen molar-refractivity contribution in [3.63, 3.8) is 0 Å². The zero-order valence-corrected chi connectivity index (χ0v) is 10.4. The van der Waals surface area contributed by atoms with Gasteiger partial charge in [-0.15, -0.1) is 0 Å². The van der Waals surface area contributed by atoms with Gasteiger partial charge in [-0.25, -0.2) is 8.42 Å². The summed E-state index contributed by atoms with van der Waals surface area (Å²) in [6.07, 6.45) is 0. The van der Waals surface area contributed by atoms with Gasteiger partial charge in [0.2, 0.25) is 0 Å². The number of nitrogens with one attached hydrogen (secondary N) is 1. The van der Waals surface area contributed by atoms with E-state index in [4.69, 9.17) is 5.11 Å². The highest BCUT2D eigenvalue weighted by Crippen LogP contribution is 2.31. The van der Waals surface area contributed by atoms with Crippen LogP contribution in [0.3, 0.4) is 0 Å². The van der Waals surface area contributed by atoms with Gasteiger partial charge in [-0.05, 0) is 18.2 Å². The van der Waals surface area contributed by atoms with Gasteiger partial charge in [0.1, 0.15) is 0 Å². The standard InChI is InChI=1S/C9H8BrNO4S/c10-5-1-2-7-6(3-5)11-4-8(9(12)13)16(7,14)15/h1-3,8,11H,4H2,(H,12,13). The first-order valence-corrected chi connectivity index (χ1v) is 6.77. The van der Waals surface area contributed by atoms with Gasteiger partial charge in [-0.2, -0.15) is 0 Å². The van der Waals surface area contributed by atoms with E-state index in [-0.39, 0.29) is 11.4 Å². The predicted octanol–water partition coefficient (Wildman–Crippen LogP) is 1.10. The molecule has 0 fully saturated rings. The maximum Gasteiger partial charge on any atom is 0.324 e. The summed E-state index contributed by atoms with van der Waals surface area (Å²) >= 11 is 3.22. The number of benzene rings is 1. The highest BCUT2D eigenvalue weighted by molar-refractivity contribution is 9.10. The molecule has 0 aliphatic carbocycles. The van der Waals surface area contributed by atoms with E-state index in [1.165, 1.54) is 6.07 Å². The zero-order valence-electron chi connectivity index (χ0n) is 7.97. The Bertz CT molecular complexity index is 555. The SMILES string of the molecule is O=C(O)C1CNc2cc(Br)ccc2S1(=O)=O. The molecule has 86 valence electrons. The normalized spacial score (nSPS) is 21.9. The minimum atomic E-state index is -3.78. The molecular formula is C9H8BrNO4S. The molecule has 1 aromatic carbocycles. The molecule has 1 unspecified atom stereocenters. The van der Waals surface area contributed by atoms with Crippen molar-refractivity contribution < 1.29 is 18.3 Å². The largest absolute Gasteiger partial charge is 0.480 e. The van der Waals surface area contributed by atoms with E-state index in [0.29, 0.717) is 5.69 Å². The van der Waals surface area contributed by atoms with Crippen LogP contribution in [0.4, 0.5) is 5.69 Å². The molecule has 2 N–H and O–H groups in total. The Morgan fingerprint density at radius 2 is 2.19 bits per heavy atom. The molecule has 1 aliphatic rings. The van der Waals surface area contributed by atoms with Crippen LogP contribution >= 0.6 is 15.9 Å². The second kappa shape index (κ2) is 3.74. The minimum Gasteiger partial charge on any atom is -0.480 e. The van der Waals surface area contributed by atoms with Crippen LogP contribution in [-0.2, 0) is 14.6 Å². The number of carbonyl (C=O) groups is 1. The fraction of sp³-hybridized carbons (Fsp3) is 0.222. The average molecular weight is 306 g/mol. The summed E-state index contributed by atoms with van der Waals surface area (Å²) in [7, 11) is -3.78. The Labute approximate surface area is 101 Å². The summed E-state index contributed by atoms with van der Waals surface area (Å²) in [4.78, 5) is 10.9. The van der Waals surface area contributed by atoms with Gasteiger partial charge < -0.3 is 10.4 Å². The number of hydrogen-bond donors (Lipinski definition) is 2. The molecule has 16 heavy (non-hydrogen) atoms. The van der Waals surface area contributed by atoms with Gasteiger partial charge in [0.15, 0.2) is 15.1 Å². The molecule has 0 aromatic heterocycles. The number of carboxylic acids is 1. The summed E-state index contributed by atoms with van der Waals surface area (Å²) in [6.45, 7) is -0.110. The van der Waals surface area contributed by atoms with Gasteiger partial charge in [-0.3, -0.25) is 4.79 Å². The summed E-state index contributed by atoms with van der Waals surface area (Å²) in [5.41, 5.74) is 0.437. The van der Waals surface area contributed by atoms with Gasteiger partial charge in [0.05, 0.1) is 10.6 Å². The van der Waals surface area contributed by atoms with Crippen molar-refractivity contribution in [3.8, 4) is 0 Å². The van der Waals surface area contributed by atoms with E-state index in [1.807, 2.05) is 0 Å². The third kappa shape index (κ3) is 1.69. The third-order valence-corrected chi connectivity index (χ3v) is 4.96. The van der Waals surface area contributed by atoms with Crippen LogP contribution < -0.4 is 5.32 Å².